The second-order valence-corrected chi connectivity index (χ2v) is 12.6. The molecule has 0 radical (unpaired) electrons. The Morgan fingerprint density at radius 3 is 1.81 bits per heavy atom. The molecule has 0 saturated heterocycles. The predicted octanol–water partition coefficient (Wildman–Crippen LogP) is 4.36. The Bertz CT molecular complexity index is 595. The Kier molecular flexibility index (Phi) is 7.63. The number of rotatable bonds is 9. The molecule has 2 aromatic rings. The maximum Gasteiger partial charge on any atom is 0.261 e. The lowest BCUT2D eigenvalue weighted by Gasteiger charge is -2.43. The number of aliphatic hydroxyl groups is 1. The number of hydrogen-bond acceptors (Lipinski definition) is 2. The maximum atomic E-state index is 9.05. The monoisotopic (exact) mass is 370 g/mol. The molecule has 0 saturated carbocycles. The standard InChI is InChI=1S/C23H34O2Si/c1-20(12-11-18-24)17-19-25-26(23(2,3)4,21-13-7-5-8-14-21)22-15-9-6-10-16-22/h5-10,13-16,20,24H,11-12,17-19H2,1-4H3/t20-/m0/s1. The Morgan fingerprint density at radius 1 is 0.885 bits per heavy atom. The molecule has 2 aromatic carbocycles. The van der Waals surface area contributed by atoms with E-state index in [-0.39, 0.29) is 11.6 Å². The van der Waals surface area contributed by atoms with E-state index >= 15 is 0 Å². The second kappa shape index (κ2) is 9.49. The summed E-state index contributed by atoms with van der Waals surface area (Å²) in [5, 5.41) is 11.8. The lowest BCUT2D eigenvalue weighted by Crippen LogP contribution is -2.66. The van der Waals surface area contributed by atoms with Crippen molar-refractivity contribution in [3.8, 4) is 0 Å². The van der Waals surface area contributed by atoms with E-state index in [1.807, 2.05) is 0 Å². The van der Waals surface area contributed by atoms with E-state index in [0.717, 1.165) is 25.9 Å². The third-order valence-corrected chi connectivity index (χ3v) is 10.2. The van der Waals surface area contributed by atoms with Gasteiger partial charge in [0.05, 0.1) is 0 Å². The van der Waals surface area contributed by atoms with Crippen molar-refractivity contribution in [2.45, 2.75) is 52.0 Å². The molecule has 0 aliphatic heterocycles. The Labute approximate surface area is 160 Å². The van der Waals surface area contributed by atoms with Crippen molar-refractivity contribution in [2.24, 2.45) is 5.92 Å². The van der Waals surface area contributed by atoms with Crippen LogP contribution in [0, 0.1) is 5.92 Å². The van der Waals surface area contributed by atoms with Gasteiger partial charge in [0.2, 0.25) is 0 Å². The van der Waals surface area contributed by atoms with Gasteiger partial charge in [0.25, 0.3) is 8.32 Å². The molecule has 2 rings (SSSR count). The molecule has 0 aliphatic rings. The topological polar surface area (TPSA) is 29.5 Å². The maximum absolute atomic E-state index is 9.05. The normalized spacial score (nSPS) is 13.6. The van der Waals surface area contributed by atoms with Gasteiger partial charge in [-0.3, -0.25) is 0 Å². The lowest BCUT2D eigenvalue weighted by molar-refractivity contribution is 0.243. The van der Waals surface area contributed by atoms with Crippen LogP contribution in [0.4, 0.5) is 0 Å². The summed E-state index contributed by atoms with van der Waals surface area (Å²) in [5.74, 6) is 0.570. The summed E-state index contributed by atoms with van der Waals surface area (Å²) in [7, 11) is -2.40. The van der Waals surface area contributed by atoms with Gasteiger partial charge in [-0.05, 0) is 40.6 Å². The van der Waals surface area contributed by atoms with Gasteiger partial charge in [0, 0.05) is 13.2 Å². The fraction of sp³-hybridized carbons (Fsp3) is 0.478. The molecule has 3 heteroatoms. The van der Waals surface area contributed by atoms with E-state index in [1.165, 1.54) is 10.4 Å². The third kappa shape index (κ3) is 4.85. The average Bonchev–Trinajstić information content (AvgIpc) is 2.64. The summed E-state index contributed by atoms with van der Waals surface area (Å²) in [5.41, 5.74) is 0. The highest BCUT2D eigenvalue weighted by Gasteiger charge is 2.49. The highest BCUT2D eigenvalue weighted by atomic mass is 28.4. The molecular formula is C23H34O2Si. The summed E-state index contributed by atoms with van der Waals surface area (Å²) in [6.07, 6.45) is 2.96. The van der Waals surface area contributed by atoms with Crippen LogP contribution in [0.5, 0.6) is 0 Å². The van der Waals surface area contributed by atoms with Crippen molar-refractivity contribution in [3.05, 3.63) is 60.7 Å². The zero-order valence-electron chi connectivity index (χ0n) is 16.7. The molecule has 26 heavy (non-hydrogen) atoms. The minimum atomic E-state index is -2.40. The highest BCUT2D eigenvalue weighted by molar-refractivity contribution is 6.99. The van der Waals surface area contributed by atoms with E-state index in [1.54, 1.807) is 0 Å². The fourth-order valence-electron chi connectivity index (χ4n) is 3.76. The number of benzene rings is 2. The quantitative estimate of drug-likeness (QED) is 0.665. The molecule has 1 atom stereocenters. The molecule has 0 amide bonds. The van der Waals surface area contributed by atoms with Crippen LogP contribution in [-0.4, -0.2) is 26.6 Å². The van der Waals surface area contributed by atoms with Gasteiger partial charge in [-0.25, -0.2) is 0 Å². The van der Waals surface area contributed by atoms with E-state index < -0.39 is 8.32 Å². The Balaban J connectivity index is 2.35. The van der Waals surface area contributed by atoms with Crippen LogP contribution in [0.15, 0.2) is 60.7 Å². The van der Waals surface area contributed by atoms with Gasteiger partial charge < -0.3 is 9.53 Å². The van der Waals surface area contributed by atoms with Gasteiger partial charge >= 0.3 is 0 Å². The number of hydrogen-bond donors (Lipinski definition) is 1. The number of aliphatic hydroxyl groups excluding tert-OH is 1. The molecule has 0 fully saturated rings. The Hall–Kier alpha value is -1.42. The first-order chi connectivity index (χ1) is 12.4. The molecule has 0 bridgehead atoms. The van der Waals surface area contributed by atoms with Crippen LogP contribution >= 0.6 is 0 Å². The van der Waals surface area contributed by atoms with Crippen molar-refractivity contribution in [1.29, 1.82) is 0 Å². The van der Waals surface area contributed by atoms with E-state index in [2.05, 4.69) is 88.4 Å². The van der Waals surface area contributed by atoms with Gasteiger partial charge in [0.1, 0.15) is 0 Å². The summed E-state index contributed by atoms with van der Waals surface area (Å²) < 4.78 is 6.89. The van der Waals surface area contributed by atoms with Gasteiger partial charge in [0.15, 0.2) is 0 Å². The van der Waals surface area contributed by atoms with E-state index in [4.69, 9.17) is 9.53 Å². The van der Waals surface area contributed by atoms with Crippen molar-refractivity contribution in [3.63, 3.8) is 0 Å². The zero-order valence-corrected chi connectivity index (χ0v) is 17.7. The third-order valence-electron chi connectivity index (χ3n) is 5.20. The van der Waals surface area contributed by atoms with Crippen molar-refractivity contribution in [2.75, 3.05) is 13.2 Å². The Morgan fingerprint density at radius 2 is 1.38 bits per heavy atom. The first-order valence-corrected chi connectivity index (χ1v) is 11.7. The molecule has 142 valence electrons. The molecule has 0 aromatic heterocycles. The van der Waals surface area contributed by atoms with Crippen LogP contribution in [0.2, 0.25) is 5.04 Å². The van der Waals surface area contributed by atoms with Crippen LogP contribution in [0.3, 0.4) is 0 Å². The van der Waals surface area contributed by atoms with Crippen molar-refractivity contribution < 1.29 is 9.53 Å². The summed E-state index contributed by atoms with van der Waals surface area (Å²) in [4.78, 5) is 0. The fourth-order valence-corrected chi connectivity index (χ4v) is 8.34. The van der Waals surface area contributed by atoms with Gasteiger partial charge in [-0.15, -0.1) is 0 Å². The largest absolute Gasteiger partial charge is 0.407 e. The van der Waals surface area contributed by atoms with Crippen LogP contribution in [0.1, 0.15) is 47.0 Å². The SMILES string of the molecule is C[C@@H](CCCO)CCO[Si](c1ccccc1)(c1ccccc1)C(C)(C)C. The second-order valence-electron chi connectivity index (χ2n) is 8.27. The molecule has 0 aliphatic carbocycles. The minimum absolute atomic E-state index is 0.0318. The van der Waals surface area contributed by atoms with Crippen molar-refractivity contribution >= 4 is 18.7 Å². The van der Waals surface area contributed by atoms with Gasteiger partial charge in [-0.2, -0.15) is 0 Å². The first-order valence-electron chi connectivity index (χ1n) is 9.77. The predicted molar refractivity (Wildman–Crippen MR) is 114 cm³/mol. The van der Waals surface area contributed by atoms with Crippen LogP contribution in [-0.2, 0) is 4.43 Å². The molecule has 2 nitrogen and oxygen atoms in total. The lowest BCUT2D eigenvalue weighted by atomic mass is 10.0. The van der Waals surface area contributed by atoms with Gasteiger partial charge in [-0.1, -0.05) is 88.4 Å². The summed E-state index contributed by atoms with van der Waals surface area (Å²) in [6, 6.07) is 21.6. The first kappa shape index (κ1) is 20.9. The molecular weight excluding hydrogens is 336 g/mol. The average molecular weight is 371 g/mol. The van der Waals surface area contributed by atoms with Crippen LogP contribution < -0.4 is 10.4 Å². The van der Waals surface area contributed by atoms with E-state index in [0.29, 0.717) is 5.92 Å². The molecule has 0 spiro atoms. The van der Waals surface area contributed by atoms with E-state index in [9.17, 15) is 0 Å². The minimum Gasteiger partial charge on any atom is -0.407 e. The smallest absolute Gasteiger partial charge is 0.261 e. The molecule has 0 heterocycles. The summed E-state index contributed by atoms with van der Waals surface area (Å²) in [6.45, 7) is 10.2. The molecule has 1 N–H and O–H groups in total. The summed E-state index contributed by atoms with van der Waals surface area (Å²) >= 11 is 0. The van der Waals surface area contributed by atoms with Crippen molar-refractivity contribution in [1.82, 2.24) is 0 Å². The zero-order chi connectivity index (χ0) is 19.0. The molecule has 0 unspecified atom stereocenters. The van der Waals surface area contributed by atoms with Crippen LogP contribution in [0.25, 0.3) is 0 Å². The highest BCUT2D eigenvalue weighted by Crippen LogP contribution is 2.37.